The number of halogens is 1. The van der Waals surface area contributed by atoms with Crippen LogP contribution in [0.1, 0.15) is 20.8 Å². The summed E-state index contributed by atoms with van der Waals surface area (Å²) in [5.41, 5.74) is 12.3. The number of azide groups is 1. The first-order valence-corrected chi connectivity index (χ1v) is 13.1. The number of nitrogens with zero attached hydrogens (tertiary/aromatic N) is 3. The van der Waals surface area contributed by atoms with Crippen molar-refractivity contribution in [2.75, 3.05) is 6.61 Å². The van der Waals surface area contributed by atoms with Crippen LogP contribution in [0.3, 0.4) is 0 Å². The quantitative estimate of drug-likeness (QED) is 0.105. The van der Waals surface area contributed by atoms with Gasteiger partial charge in [0.25, 0.3) is 8.32 Å². The van der Waals surface area contributed by atoms with E-state index < -0.39 is 44.2 Å². The predicted octanol–water partition coefficient (Wildman–Crippen LogP) is 2.66. The second-order valence-electron chi connectivity index (χ2n) is 9.33. The van der Waals surface area contributed by atoms with Crippen molar-refractivity contribution in [2.24, 2.45) is 10.8 Å². The van der Waals surface area contributed by atoms with Gasteiger partial charge in [0.2, 0.25) is 5.72 Å². The zero-order chi connectivity index (χ0) is 25.7. The summed E-state index contributed by atoms with van der Waals surface area (Å²) < 4.78 is 28.7. The Morgan fingerprint density at radius 3 is 2.23 bits per heavy atom. The minimum absolute atomic E-state index is 0.222. The monoisotopic (exact) mass is 498 g/mol. The maximum absolute atomic E-state index is 16.1. The maximum atomic E-state index is 16.1. The van der Waals surface area contributed by atoms with Crippen molar-refractivity contribution >= 4 is 24.5 Å². The Morgan fingerprint density at radius 2 is 1.80 bits per heavy atom. The fraction of sp³-hybridized carbons (Fsp3) is 0.375. The molecule has 1 heterocycles. The summed E-state index contributed by atoms with van der Waals surface area (Å²) in [5, 5.41) is 25.1. The van der Waals surface area contributed by atoms with Crippen LogP contribution in [0.2, 0.25) is 5.04 Å². The molecular weight excluding hydrogens is 467 g/mol. The molecule has 3 rings (SSSR count). The van der Waals surface area contributed by atoms with Gasteiger partial charge in [0.05, 0.1) is 6.61 Å². The van der Waals surface area contributed by atoms with Crippen molar-refractivity contribution in [2.45, 2.75) is 50.0 Å². The molecule has 186 valence electrons. The number of amidine groups is 1. The summed E-state index contributed by atoms with van der Waals surface area (Å²) in [7, 11) is -3.22. The molecule has 0 radical (unpaired) electrons. The van der Waals surface area contributed by atoms with Crippen molar-refractivity contribution in [3.05, 3.63) is 83.4 Å². The number of aliphatic hydroxyl groups is 1. The summed E-state index contributed by atoms with van der Waals surface area (Å²) in [4.78, 5) is 2.71. The van der Waals surface area contributed by atoms with Gasteiger partial charge in [0, 0.05) is 11.1 Å². The largest absolute Gasteiger partial charge is 0.397 e. The van der Waals surface area contributed by atoms with Crippen LogP contribution in [0, 0.1) is 5.41 Å². The van der Waals surface area contributed by atoms with Gasteiger partial charge in [-0.25, -0.2) is 4.39 Å². The first kappa shape index (κ1) is 26.4. The molecule has 1 aliphatic heterocycles. The number of nitrogens with two attached hydrogens (primary N) is 1. The standard InChI is InChI=1S/C24H31FN6O3Si/c1-23(2,3)35(17-10-6-4-7-11-17,18-12-8-5-9-13-18)34-20-21(25)24(16-32,30-31-28)33-22(20)29-15-14-19(26)27/h4-15,20-22,29,32H,16H2,1-3H3,(H3,26,27)/b15-14-/t20-,21+,22-,24-/m1/s1. The van der Waals surface area contributed by atoms with Gasteiger partial charge in [-0.2, -0.15) is 0 Å². The third-order valence-corrected chi connectivity index (χ3v) is 11.1. The molecule has 4 atom stereocenters. The second-order valence-corrected chi connectivity index (χ2v) is 13.6. The average Bonchev–Trinajstić information content (AvgIpc) is 3.08. The highest BCUT2D eigenvalue weighted by atomic mass is 28.4. The van der Waals surface area contributed by atoms with Gasteiger partial charge < -0.3 is 25.3 Å². The summed E-state index contributed by atoms with van der Waals surface area (Å²) >= 11 is 0. The number of alkyl halides is 1. The molecule has 0 aliphatic carbocycles. The van der Waals surface area contributed by atoms with E-state index in [1.54, 1.807) is 0 Å². The van der Waals surface area contributed by atoms with Crippen LogP contribution >= 0.6 is 0 Å². The molecule has 2 aromatic rings. The summed E-state index contributed by atoms with van der Waals surface area (Å²) in [6, 6.07) is 19.3. The molecule has 1 fully saturated rings. The van der Waals surface area contributed by atoms with Gasteiger partial charge in [-0.3, -0.25) is 5.41 Å². The third-order valence-electron chi connectivity index (χ3n) is 6.04. The summed E-state index contributed by atoms with van der Waals surface area (Å²) in [6.07, 6.45) is -1.79. The van der Waals surface area contributed by atoms with E-state index in [-0.39, 0.29) is 5.84 Å². The fourth-order valence-corrected chi connectivity index (χ4v) is 9.12. The van der Waals surface area contributed by atoms with Crippen molar-refractivity contribution in [1.29, 1.82) is 5.41 Å². The molecular formula is C24H31FN6O3Si. The van der Waals surface area contributed by atoms with E-state index in [4.69, 9.17) is 25.8 Å². The van der Waals surface area contributed by atoms with E-state index in [0.717, 1.165) is 10.4 Å². The van der Waals surface area contributed by atoms with Gasteiger partial charge in [-0.15, -0.1) is 0 Å². The van der Waals surface area contributed by atoms with Gasteiger partial charge >= 0.3 is 0 Å². The second kappa shape index (κ2) is 10.6. The van der Waals surface area contributed by atoms with Gasteiger partial charge in [0.1, 0.15) is 11.9 Å². The highest BCUT2D eigenvalue weighted by Crippen LogP contribution is 2.42. The molecule has 0 aromatic heterocycles. The van der Waals surface area contributed by atoms with Gasteiger partial charge in [0.15, 0.2) is 12.4 Å². The van der Waals surface area contributed by atoms with E-state index in [1.165, 1.54) is 12.3 Å². The highest BCUT2D eigenvalue weighted by molar-refractivity contribution is 6.99. The summed E-state index contributed by atoms with van der Waals surface area (Å²) in [5.74, 6) is -0.222. The number of nitrogens with one attached hydrogen (secondary N) is 2. The van der Waals surface area contributed by atoms with E-state index in [1.807, 2.05) is 81.4 Å². The Balaban J connectivity index is 2.20. The molecule has 0 unspecified atom stereocenters. The smallest absolute Gasteiger partial charge is 0.261 e. The third kappa shape index (κ3) is 5.09. The topological polar surface area (TPSA) is 149 Å². The minimum Gasteiger partial charge on any atom is -0.397 e. The Bertz CT molecular complexity index is 1050. The first-order valence-electron chi connectivity index (χ1n) is 11.2. The first-order chi connectivity index (χ1) is 16.6. The van der Waals surface area contributed by atoms with Crippen LogP contribution in [0.25, 0.3) is 10.4 Å². The maximum Gasteiger partial charge on any atom is 0.261 e. The van der Waals surface area contributed by atoms with Crippen LogP contribution in [-0.4, -0.2) is 50.1 Å². The number of rotatable bonds is 9. The highest BCUT2D eigenvalue weighted by Gasteiger charge is 2.61. The molecule has 11 heteroatoms. The Hall–Kier alpha value is -3.21. The van der Waals surface area contributed by atoms with Crippen LogP contribution in [0.4, 0.5) is 4.39 Å². The molecule has 0 saturated carbocycles. The van der Waals surface area contributed by atoms with Crippen molar-refractivity contribution in [3.63, 3.8) is 0 Å². The van der Waals surface area contributed by atoms with Gasteiger partial charge in [-0.1, -0.05) is 86.5 Å². The van der Waals surface area contributed by atoms with Crippen molar-refractivity contribution in [1.82, 2.24) is 5.32 Å². The normalized spacial score (nSPS) is 24.8. The van der Waals surface area contributed by atoms with Crippen LogP contribution in [-0.2, 0) is 9.16 Å². The molecule has 1 aliphatic rings. The minimum atomic E-state index is -3.22. The van der Waals surface area contributed by atoms with Crippen molar-refractivity contribution < 1.29 is 18.7 Å². The van der Waals surface area contributed by atoms with E-state index >= 15 is 4.39 Å². The average molecular weight is 499 g/mol. The number of hydrogen-bond donors (Lipinski definition) is 4. The molecule has 0 bridgehead atoms. The molecule has 5 N–H and O–H groups in total. The van der Waals surface area contributed by atoms with Crippen LogP contribution in [0.5, 0.6) is 0 Å². The van der Waals surface area contributed by atoms with Crippen molar-refractivity contribution in [3.8, 4) is 0 Å². The number of ether oxygens (including phenoxy) is 1. The van der Waals surface area contributed by atoms with Crippen LogP contribution in [0.15, 0.2) is 78.1 Å². The molecule has 0 amide bonds. The lowest BCUT2D eigenvalue weighted by molar-refractivity contribution is -0.0959. The van der Waals surface area contributed by atoms with Crippen LogP contribution < -0.4 is 21.4 Å². The zero-order valence-electron chi connectivity index (χ0n) is 19.9. The molecule has 0 spiro atoms. The molecule has 1 saturated heterocycles. The zero-order valence-corrected chi connectivity index (χ0v) is 20.9. The molecule has 2 aromatic carbocycles. The Kier molecular flexibility index (Phi) is 7.99. The predicted molar refractivity (Wildman–Crippen MR) is 135 cm³/mol. The Labute approximate surface area is 205 Å². The van der Waals surface area contributed by atoms with E-state index in [2.05, 4.69) is 15.3 Å². The fourth-order valence-electron chi connectivity index (χ4n) is 4.45. The van der Waals surface area contributed by atoms with E-state index in [9.17, 15) is 5.11 Å². The number of benzene rings is 2. The lowest BCUT2D eigenvalue weighted by atomic mass is 10.1. The van der Waals surface area contributed by atoms with E-state index in [0.29, 0.717) is 0 Å². The Morgan fingerprint density at radius 1 is 1.26 bits per heavy atom. The lowest BCUT2D eigenvalue weighted by Crippen LogP contribution is -2.69. The number of aliphatic hydroxyl groups excluding tert-OH is 1. The SMILES string of the molecule is CC(C)(C)[Si](O[C@H]1[C@H](N/C=C\C(=N)N)O[C@@](CO)(N=[N+]=[N-])[C@H]1F)(c1ccccc1)c1ccccc1. The number of hydrogen-bond acceptors (Lipinski definition) is 6. The summed E-state index contributed by atoms with van der Waals surface area (Å²) in [6.45, 7) is 5.26. The molecule has 9 nitrogen and oxygen atoms in total. The molecule has 35 heavy (non-hydrogen) atoms. The van der Waals surface area contributed by atoms with Gasteiger partial charge in [-0.05, 0) is 27.0 Å². The lowest BCUT2D eigenvalue weighted by Gasteiger charge is -2.45.